The molecule has 0 aliphatic heterocycles. The first-order valence-electron chi connectivity index (χ1n) is 6.70. The zero-order chi connectivity index (χ0) is 14.4. The topological polar surface area (TPSA) is 88.8 Å². The third-order valence-electron chi connectivity index (χ3n) is 2.88. The monoisotopic (exact) mass is 292 g/mol. The second-order valence-corrected chi connectivity index (χ2v) is 5.45. The van der Waals surface area contributed by atoms with Gasteiger partial charge in [0.15, 0.2) is 0 Å². The Hall–Kier alpha value is -1.73. The molecule has 0 bridgehead atoms. The van der Waals surface area contributed by atoms with Crippen LogP contribution in [0.25, 0.3) is 0 Å². The normalized spacial score (nSPS) is 10.6. The fraction of sp³-hybridized carbons (Fsp3) is 0.462. The molecule has 0 aromatic carbocycles. The largest absolute Gasteiger partial charge is 0.369 e. The fourth-order valence-corrected chi connectivity index (χ4v) is 2.76. The van der Waals surface area contributed by atoms with E-state index in [1.54, 1.807) is 11.3 Å². The van der Waals surface area contributed by atoms with Gasteiger partial charge in [-0.2, -0.15) is 0 Å². The van der Waals surface area contributed by atoms with Crippen molar-refractivity contribution < 1.29 is 0 Å². The van der Waals surface area contributed by atoms with E-state index in [0.717, 1.165) is 47.9 Å². The van der Waals surface area contributed by atoms with Crippen molar-refractivity contribution in [1.29, 1.82) is 0 Å². The van der Waals surface area contributed by atoms with Crippen LogP contribution in [0.15, 0.2) is 11.7 Å². The van der Waals surface area contributed by atoms with E-state index in [4.69, 9.17) is 5.84 Å². The molecule has 4 N–H and O–H groups in total. The number of thiazole rings is 1. The third-order valence-corrected chi connectivity index (χ3v) is 3.91. The van der Waals surface area contributed by atoms with Gasteiger partial charge in [-0.25, -0.2) is 20.8 Å². The fourth-order valence-electron chi connectivity index (χ4n) is 1.98. The van der Waals surface area contributed by atoms with Gasteiger partial charge in [0.05, 0.1) is 5.01 Å². The number of aromatic nitrogens is 3. The van der Waals surface area contributed by atoms with Crippen LogP contribution in [0.5, 0.6) is 0 Å². The minimum Gasteiger partial charge on any atom is -0.369 e. The summed E-state index contributed by atoms with van der Waals surface area (Å²) in [6.45, 7) is 4.93. The zero-order valence-corrected chi connectivity index (χ0v) is 12.6. The number of rotatable bonds is 7. The summed E-state index contributed by atoms with van der Waals surface area (Å²) >= 11 is 1.69. The third kappa shape index (κ3) is 3.64. The van der Waals surface area contributed by atoms with Crippen LogP contribution in [0.4, 0.5) is 11.6 Å². The van der Waals surface area contributed by atoms with E-state index in [1.807, 2.05) is 6.92 Å². The molecule has 0 fully saturated rings. The van der Waals surface area contributed by atoms with E-state index in [-0.39, 0.29) is 0 Å². The van der Waals surface area contributed by atoms with Crippen molar-refractivity contribution in [1.82, 2.24) is 15.0 Å². The first kappa shape index (κ1) is 14.7. The van der Waals surface area contributed by atoms with Gasteiger partial charge < -0.3 is 10.7 Å². The second kappa shape index (κ2) is 7.16. The summed E-state index contributed by atoms with van der Waals surface area (Å²) in [6, 6.07) is 0. The maximum absolute atomic E-state index is 5.50. The number of hydrogen-bond donors (Lipinski definition) is 3. The molecular weight excluding hydrogens is 272 g/mol. The number of anilines is 2. The van der Waals surface area contributed by atoms with Crippen molar-refractivity contribution in [3.8, 4) is 0 Å². The van der Waals surface area contributed by atoms with Crippen LogP contribution in [-0.2, 0) is 12.8 Å². The van der Waals surface area contributed by atoms with Gasteiger partial charge in [-0.05, 0) is 13.3 Å². The summed E-state index contributed by atoms with van der Waals surface area (Å²) in [6.07, 6.45) is 4.31. The molecule has 108 valence electrons. The minimum atomic E-state index is 0.689. The molecule has 6 nitrogen and oxygen atoms in total. The van der Waals surface area contributed by atoms with E-state index >= 15 is 0 Å². The Labute approximate surface area is 122 Å². The quantitative estimate of drug-likeness (QED) is 0.535. The van der Waals surface area contributed by atoms with E-state index < -0.39 is 0 Å². The molecule has 0 atom stereocenters. The van der Waals surface area contributed by atoms with Gasteiger partial charge in [-0.1, -0.05) is 13.3 Å². The van der Waals surface area contributed by atoms with Crippen LogP contribution in [0.1, 0.15) is 29.6 Å². The van der Waals surface area contributed by atoms with Crippen LogP contribution >= 0.6 is 11.3 Å². The number of nitrogens with one attached hydrogen (secondary N) is 2. The number of nitrogens with two attached hydrogens (primary N) is 1. The van der Waals surface area contributed by atoms with Crippen molar-refractivity contribution in [2.75, 3.05) is 17.3 Å². The maximum atomic E-state index is 5.50. The molecule has 7 heteroatoms. The van der Waals surface area contributed by atoms with Crippen LogP contribution in [-0.4, -0.2) is 21.5 Å². The Bertz CT molecular complexity index is 554. The highest BCUT2D eigenvalue weighted by Gasteiger charge is 2.09. The lowest BCUT2D eigenvalue weighted by atomic mass is 10.1. The lowest BCUT2D eigenvalue weighted by Crippen LogP contribution is -2.15. The molecule has 2 aromatic heterocycles. The minimum absolute atomic E-state index is 0.689. The predicted molar refractivity (Wildman–Crippen MR) is 82.9 cm³/mol. The van der Waals surface area contributed by atoms with Gasteiger partial charge in [-0.3, -0.25) is 0 Å². The van der Waals surface area contributed by atoms with Crippen molar-refractivity contribution in [3.63, 3.8) is 0 Å². The molecule has 0 radical (unpaired) electrons. The summed E-state index contributed by atoms with van der Waals surface area (Å²) in [7, 11) is 0. The van der Waals surface area contributed by atoms with E-state index in [1.165, 1.54) is 6.33 Å². The van der Waals surface area contributed by atoms with Crippen LogP contribution < -0.4 is 16.6 Å². The van der Waals surface area contributed by atoms with Crippen LogP contribution in [0.2, 0.25) is 0 Å². The lowest BCUT2D eigenvalue weighted by Gasteiger charge is -2.12. The standard InChI is InChI=1S/C13H20N6S/c1-3-4-10-12(16-8-17-13(10)19-14)15-6-5-11-18-9(2)7-20-11/h7-8H,3-6,14H2,1-2H3,(H2,15,16,17,19). The van der Waals surface area contributed by atoms with E-state index in [9.17, 15) is 0 Å². The summed E-state index contributed by atoms with van der Waals surface area (Å²) < 4.78 is 0. The van der Waals surface area contributed by atoms with Gasteiger partial charge in [0.25, 0.3) is 0 Å². The highest BCUT2D eigenvalue weighted by atomic mass is 32.1. The zero-order valence-electron chi connectivity index (χ0n) is 11.8. The Morgan fingerprint density at radius 3 is 2.70 bits per heavy atom. The molecule has 0 aliphatic rings. The molecule has 2 aromatic rings. The molecule has 2 heterocycles. The molecular formula is C13H20N6S. The predicted octanol–water partition coefficient (Wildman–Crippen LogP) is 2.13. The number of nitrogens with zero attached hydrogens (tertiary/aromatic N) is 3. The van der Waals surface area contributed by atoms with Gasteiger partial charge in [0.2, 0.25) is 0 Å². The Balaban J connectivity index is 2.01. The Kier molecular flexibility index (Phi) is 5.25. The van der Waals surface area contributed by atoms with Gasteiger partial charge in [0, 0.05) is 29.6 Å². The number of hydrazine groups is 1. The van der Waals surface area contributed by atoms with Crippen LogP contribution in [0.3, 0.4) is 0 Å². The second-order valence-electron chi connectivity index (χ2n) is 4.50. The van der Waals surface area contributed by atoms with Crippen molar-refractivity contribution in [2.45, 2.75) is 33.1 Å². The smallest absolute Gasteiger partial charge is 0.148 e. The SMILES string of the molecule is CCCc1c(NN)ncnc1NCCc1nc(C)cs1. The highest BCUT2D eigenvalue weighted by Crippen LogP contribution is 2.21. The lowest BCUT2D eigenvalue weighted by molar-refractivity contribution is 0.891. The summed E-state index contributed by atoms with van der Waals surface area (Å²) in [4.78, 5) is 12.9. The molecule has 0 spiro atoms. The first-order chi connectivity index (χ1) is 9.74. The molecule has 0 saturated carbocycles. The summed E-state index contributed by atoms with van der Waals surface area (Å²) in [5, 5.41) is 6.56. The molecule has 0 saturated heterocycles. The number of nitrogen functional groups attached to an aromatic ring is 1. The van der Waals surface area contributed by atoms with Gasteiger partial charge >= 0.3 is 0 Å². The van der Waals surface area contributed by atoms with Crippen LogP contribution in [0, 0.1) is 6.92 Å². The average Bonchev–Trinajstić information content (AvgIpc) is 2.86. The van der Waals surface area contributed by atoms with E-state index in [2.05, 4.69) is 38.0 Å². The maximum Gasteiger partial charge on any atom is 0.148 e. The molecule has 2 rings (SSSR count). The van der Waals surface area contributed by atoms with E-state index in [0.29, 0.717) is 5.82 Å². The molecule has 20 heavy (non-hydrogen) atoms. The van der Waals surface area contributed by atoms with Gasteiger partial charge in [0.1, 0.15) is 18.0 Å². The summed E-state index contributed by atoms with van der Waals surface area (Å²) in [5.41, 5.74) is 4.74. The molecule has 0 aliphatic carbocycles. The number of hydrogen-bond acceptors (Lipinski definition) is 7. The Morgan fingerprint density at radius 2 is 2.05 bits per heavy atom. The number of aryl methyl sites for hydroxylation is 1. The first-order valence-corrected chi connectivity index (χ1v) is 7.58. The van der Waals surface area contributed by atoms with Gasteiger partial charge in [-0.15, -0.1) is 11.3 Å². The molecule has 0 amide bonds. The van der Waals surface area contributed by atoms with Crippen molar-refractivity contribution >= 4 is 23.0 Å². The summed E-state index contributed by atoms with van der Waals surface area (Å²) in [5.74, 6) is 7.04. The molecule has 0 unspecified atom stereocenters. The Morgan fingerprint density at radius 1 is 1.25 bits per heavy atom. The van der Waals surface area contributed by atoms with Crippen molar-refractivity contribution in [3.05, 3.63) is 28.0 Å². The van der Waals surface area contributed by atoms with Crippen molar-refractivity contribution in [2.24, 2.45) is 5.84 Å². The highest BCUT2D eigenvalue weighted by molar-refractivity contribution is 7.09. The average molecular weight is 292 g/mol.